The Kier molecular flexibility index (Phi) is 4.45. The van der Waals surface area contributed by atoms with Gasteiger partial charge in [-0.05, 0) is 18.1 Å². The molecule has 0 aliphatic carbocycles. The van der Waals surface area contributed by atoms with E-state index >= 15 is 0 Å². The van der Waals surface area contributed by atoms with E-state index in [0.29, 0.717) is 17.5 Å². The number of carbonyl (C=O) groups excluding carboxylic acids is 1. The second-order valence-corrected chi connectivity index (χ2v) is 5.06. The van der Waals surface area contributed by atoms with Crippen molar-refractivity contribution in [1.29, 1.82) is 0 Å². The fraction of sp³-hybridized carbons (Fsp3) is 0.267. The van der Waals surface area contributed by atoms with Gasteiger partial charge in [0.1, 0.15) is 11.5 Å². The van der Waals surface area contributed by atoms with E-state index in [1.807, 2.05) is 0 Å². The number of nitrogens with two attached hydrogens (primary N) is 1. The minimum Gasteiger partial charge on any atom is -0.508 e. The molecule has 6 N–H and O–H groups in total. The number of nitrogens with zero attached hydrogens (tertiary/aromatic N) is 1. The molecule has 0 atom stereocenters. The van der Waals surface area contributed by atoms with Crippen molar-refractivity contribution in [3.63, 3.8) is 0 Å². The molecule has 0 aliphatic rings. The highest BCUT2D eigenvalue weighted by Crippen LogP contribution is 2.32. The maximum Gasteiger partial charge on any atom is 0.217 e. The summed E-state index contributed by atoms with van der Waals surface area (Å²) in [6.07, 6.45) is 0.745. The summed E-state index contributed by atoms with van der Waals surface area (Å²) in [7, 11) is 0. The van der Waals surface area contributed by atoms with Gasteiger partial charge in [-0.15, -0.1) is 0 Å². The van der Waals surface area contributed by atoms with Gasteiger partial charge in [-0.3, -0.25) is 9.36 Å². The van der Waals surface area contributed by atoms with Crippen molar-refractivity contribution in [3.8, 4) is 23.3 Å². The molecule has 0 saturated carbocycles. The van der Waals surface area contributed by atoms with E-state index in [0.717, 1.165) is 0 Å². The van der Waals surface area contributed by atoms with E-state index in [1.54, 1.807) is 0 Å². The Labute approximate surface area is 126 Å². The number of primary amides is 1. The first-order chi connectivity index (χ1) is 10.4. The van der Waals surface area contributed by atoms with E-state index in [2.05, 4.69) is 0 Å². The van der Waals surface area contributed by atoms with Gasteiger partial charge in [0.05, 0.1) is 0 Å². The van der Waals surface area contributed by atoms with Crippen LogP contribution in [0.1, 0.15) is 24.0 Å². The van der Waals surface area contributed by atoms with Crippen LogP contribution in [0, 0.1) is 0 Å². The number of rotatable bonds is 6. The first-order valence-electron chi connectivity index (χ1n) is 6.78. The molecule has 7 nitrogen and oxygen atoms in total. The molecule has 0 spiro atoms. The first kappa shape index (κ1) is 15.6. The Bertz CT molecular complexity index is 693. The van der Waals surface area contributed by atoms with Crippen molar-refractivity contribution in [1.82, 2.24) is 4.57 Å². The van der Waals surface area contributed by atoms with Crippen molar-refractivity contribution in [2.24, 2.45) is 5.73 Å². The molecule has 0 aliphatic heterocycles. The predicted molar refractivity (Wildman–Crippen MR) is 78.8 cm³/mol. The average Bonchev–Trinajstić information content (AvgIpc) is 2.69. The largest absolute Gasteiger partial charge is 0.508 e. The van der Waals surface area contributed by atoms with Crippen molar-refractivity contribution < 1.29 is 25.2 Å². The normalized spacial score (nSPS) is 10.7. The summed E-state index contributed by atoms with van der Waals surface area (Å²) in [4.78, 5) is 10.7. The summed E-state index contributed by atoms with van der Waals surface area (Å²) < 4.78 is 1.27. The smallest absolute Gasteiger partial charge is 0.217 e. The van der Waals surface area contributed by atoms with Crippen molar-refractivity contribution in [2.75, 3.05) is 0 Å². The third kappa shape index (κ3) is 3.43. The molecular formula is C15H18N2O5. The Hall–Kier alpha value is -2.83. The van der Waals surface area contributed by atoms with Crippen LogP contribution in [-0.4, -0.2) is 30.9 Å². The van der Waals surface area contributed by atoms with Crippen LogP contribution in [-0.2, 0) is 17.8 Å². The monoisotopic (exact) mass is 306 g/mol. The highest BCUT2D eigenvalue weighted by atomic mass is 16.3. The molecule has 1 amide bonds. The van der Waals surface area contributed by atoms with E-state index in [4.69, 9.17) is 5.73 Å². The quantitative estimate of drug-likeness (QED) is 0.547. The molecule has 0 fully saturated rings. The van der Waals surface area contributed by atoms with E-state index in [9.17, 15) is 25.2 Å². The van der Waals surface area contributed by atoms with Gasteiger partial charge in [0, 0.05) is 37.1 Å². The molecule has 2 rings (SSSR count). The third-order valence-corrected chi connectivity index (χ3v) is 3.38. The second kappa shape index (κ2) is 6.30. The Morgan fingerprint density at radius 1 is 1.09 bits per heavy atom. The number of carbonyl (C=O) groups is 1. The van der Waals surface area contributed by atoms with Crippen LogP contribution in [0.25, 0.3) is 0 Å². The molecule has 0 bridgehead atoms. The van der Waals surface area contributed by atoms with Gasteiger partial charge >= 0.3 is 0 Å². The lowest BCUT2D eigenvalue weighted by molar-refractivity contribution is -0.118. The fourth-order valence-electron chi connectivity index (χ4n) is 2.25. The third-order valence-electron chi connectivity index (χ3n) is 3.38. The van der Waals surface area contributed by atoms with E-state index in [-0.39, 0.29) is 42.6 Å². The molecule has 22 heavy (non-hydrogen) atoms. The summed E-state index contributed by atoms with van der Waals surface area (Å²) in [5, 5.41) is 39.0. The maximum absolute atomic E-state index is 10.7. The lowest BCUT2D eigenvalue weighted by atomic mass is 10.1. The number of benzene rings is 1. The number of phenols is 2. The van der Waals surface area contributed by atoms with Crippen LogP contribution >= 0.6 is 0 Å². The van der Waals surface area contributed by atoms with Crippen LogP contribution in [0.3, 0.4) is 0 Å². The molecule has 7 heteroatoms. The molecule has 1 heterocycles. The molecule has 0 radical (unpaired) electrons. The minimum absolute atomic E-state index is 0.0580. The zero-order valence-corrected chi connectivity index (χ0v) is 11.9. The van der Waals surface area contributed by atoms with Gasteiger partial charge in [-0.25, -0.2) is 0 Å². The number of phenolic OH excluding ortho intramolecular Hbond substituents is 2. The molecule has 118 valence electrons. The number of hydrogen-bond acceptors (Lipinski definition) is 5. The summed E-state index contributed by atoms with van der Waals surface area (Å²) in [6.45, 7) is 0.252. The molecule has 0 saturated heterocycles. The van der Waals surface area contributed by atoms with Gasteiger partial charge in [-0.1, -0.05) is 6.07 Å². The molecule has 0 unspecified atom stereocenters. The zero-order valence-electron chi connectivity index (χ0n) is 11.9. The lowest BCUT2D eigenvalue weighted by Crippen LogP contribution is -2.11. The second-order valence-electron chi connectivity index (χ2n) is 5.06. The SMILES string of the molecule is NC(=O)CCCn1c(O)cc(Cc2ccc(O)cc2O)c1O. The molecule has 1 aromatic heterocycles. The van der Waals surface area contributed by atoms with Crippen molar-refractivity contribution >= 4 is 5.91 Å². The van der Waals surface area contributed by atoms with Crippen LogP contribution in [0.2, 0.25) is 0 Å². The van der Waals surface area contributed by atoms with Crippen LogP contribution in [0.4, 0.5) is 0 Å². The van der Waals surface area contributed by atoms with E-state index < -0.39 is 5.91 Å². The average molecular weight is 306 g/mol. The van der Waals surface area contributed by atoms with Gasteiger partial charge in [0.25, 0.3) is 0 Å². The van der Waals surface area contributed by atoms with Gasteiger partial charge < -0.3 is 26.2 Å². The molecule has 1 aromatic carbocycles. The summed E-state index contributed by atoms with van der Waals surface area (Å²) in [5.74, 6) is -0.859. The van der Waals surface area contributed by atoms with Crippen molar-refractivity contribution in [2.45, 2.75) is 25.8 Å². The van der Waals surface area contributed by atoms with Gasteiger partial charge in [-0.2, -0.15) is 0 Å². The van der Waals surface area contributed by atoms with Crippen LogP contribution in [0.15, 0.2) is 24.3 Å². The topological polar surface area (TPSA) is 129 Å². The zero-order chi connectivity index (χ0) is 16.3. The molecule has 2 aromatic rings. The Morgan fingerprint density at radius 3 is 2.45 bits per heavy atom. The Morgan fingerprint density at radius 2 is 1.82 bits per heavy atom. The van der Waals surface area contributed by atoms with Gasteiger partial charge in [0.15, 0.2) is 11.8 Å². The minimum atomic E-state index is -0.444. The Balaban J connectivity index is 2.17. The highest BCUT2D eigenvalue weighted by Gasteiger charge is 2.15. The summed E-state index contributed by atoms with van der Waals surface area (Å²) >= 11 is 0. The standard InChI is InChI=1S/C15H18N2O5/c16-13(20)2-1-5-17-14(21)7-10(15(17)22)6-9-3-4-11(18)8-12(9)19/h3-4,7-8,18-19,21-22H,1-2,5-6H2,(H2,16,20). The summed E-state index contributed by atoms with van der Waals surface area (Å²) in [6, 6.07) is 5.56. The lowest BCUT2D eigenvalue weighted by Gasteiger charge is -2.07. The number of aromatic nitrogens is 1. The highest BCUT2D eigenvalue weighted by molar-refractivity contribution is 5.73. The molecular weight excluding hydrogens is 288 g/mol. The van der Waals surface area contributed by atoms with Crippen LogP contribution < -0.4 is 5.73 Å². The number of amides is 1. The maximum atomic E-state index is 10.7. The van der Waals surface area contributed by atoms with Crippen LogP contribution in [0.5, 0.6) is 23.3 Å². The van der Waals surface area contributed by atoms with Gasteiger partial charge in [0.2, 0.25) is 5.91 Å². The number of aromatic hydroxyl groups is 4. The fourth-order valence-corrected chi connectivity index (χ4v) is 2.25. The first-order valence-corrected chi connectivity index (χ1v) is 6.78. The predicted octanol–water partition coefficient (Wildman–Crippen LogP) is 1.17. The number of hydrogen-bond donors (Lipinski definition) is 5. The van der Waals surface area contributed by atoms with Crippen molar-refractivity contribution in [3.05, 3.63) is 35.4 Å². The summed E-state index contributed by atoms with van der Waals surface area (Å²) in [5.41, 5.74) is 5.98. The van der Waals surface area contributed by atoms with E-state index in [1.165, 1.54) is 28.8 Å².